The van der Waals surface area contributed by atoms with Gasteiger partial charge in [-0.15, -0.1) is 0 Å². The Bertz CT molecular complexity index is 645. The summed E-state index contributed by atoms with van der Waals surface area (Å²) in [4.78, 5) is 0. The van der Waals surface area contributed by atoms with Crippen molar-refractivity contribution in [1.29, 1.82) is 0 Å². The van der Waals surface area contributed by atoms with Crippen molar-refractivity contribution in [2.75, 3.05) is 0 Å². The van der Waals surface area contributed by atoms with Crippen LogP contribution in [-0.2, 0) is 0 Å². The maximum Gasteiger partial charge on any atom is -0.0310 e. The highest BCUT2D eigenvalue weighted by Crippen LogP contribution is 2.23. The molecule has 0 saturated carbocycles. The molecule has 4 atom stereocenters. The smallest absolute Gasteiger partial charge is 0.0310 e. The normalized spacial score (nSPS) is 16.3. The van der Waals surface area contributed by atoms with Gasteiger partial charge in [0.05, 0.1) is 0 Å². The molecule has 0 heteroatoms. The van der Waals surface area contributed by atoms with Crippen LogP contribution in [0.5, 0.6) is 0 Å². The molecule has 0 aliphatic rings. The summed E-state index contributed by atoms with van der Waals surface area (Å²) in [6.45, 7) is 23.8. The molecule has 0 aromatic heterocycles. The van der Waals surface area contributed by atoms with Gasteiger partial charge >= 0.3 is 0 Å². The Kier molecular flexibility index (Phi) is 25.4. The van der Waals surface area contributed by atoms with Gasteiger partial charge in [0.2, 0.25) is 0 Å². The van der Waals surface area contributed by atoms with Crippen LogP contribution in [0, 0.1) is 35.5 Å². The maximum atomic E-state index is 2.49. The summed E-state index contributed by atoms with van der Waals surface area (Å²) in [5.41, 5.74) is 3.02. The Morgan fingerprint density at radius 1 is 0.475 bits per heavy atom. The number of unbranched alkanes of at least 4 members (excludes halogenated alkanes) is 1. The lowest BCUT2D eigenvalue weighted by Gasteiger charge is -2.15. The van der Waals surface area contributed by atoms with E-state index in [4.69, 9.17) is 0 Å². The third-order valence-corrected chi connectivity index (χ3v) is 9.06. The zero-order valence-electron chi connectivity index (χ0n) is 29.5. The summed E-state index contributed by atoms with van der Waals surface area (Å²) in [6.07, 6.45) is 34.3. The van der Waals surface area contributed by atoms with Crippen molar-refractivity contribution >= 4 is 0 Å². The first-order valence-electron chi connectivity index (χ1n) is 18.0. The van der Waals surface area contributed by atoms with E-state index in [1.807, 2.05) is 0 Å². The van der Waals surface area contributed by atoms with Gasteiger partial charge in [0.15, 0.2) is 0 Å². The molecule has 40 heavy (non-hydrogen) atoms. The minimum absolute atomic E-state index is 0.809. The Morgan fingerprint density at radius 2 is 0.875 bits per heavy atom. The molecule has 0 aromatic rings. The first-order chi connectivity index (χ1) is 19.0. The predicted molar refractivity (Wildman–Crippen MR) is 186 cm³/mol. The minimum Gasteiger partial charge on any atom is -0.0853 e. The predicted octanol–water partition coefficient (Wildman–Crippen LogP) is 14.3. The lowest BCUT2D eigenvalue weighted by atomic mass is 9.91. The second-order valence-electron chi connectivity index (χ2n) is 15.0. The van der Waals surface area contributed by atoms with E-state index in [9.17, 15) is 0 Å². The third-order valence-electron chi connectivity index (χ3n) is 9.06. The Hall–Kier alpha value is -0.780. The van der Waals surface area contributed by atoms with Crippen LogP contribution in [0.1, 0.15) is 185 Å². The SMILES string of the molecule is CC(/C=C/C[C@@H](C)CCC[C@@H](C)CCCC(C)C)=C\CC/C=C(\C)CCC[C@H](C)CCC[C@@H](C)CCCC(C)C. The highest BCUT2D eigenvalue weighted by molar-refractivity contribution is 5.16. The van der Waals surface area contributed by atoms with Crippen LogP contribution in [0.2, 0.25) is 0 Å². The fraction of sp³-hybridized carbons (Fsp3) is 0.850. The van der Waals surface area contributed by atoms with Crippen molar-refractivity contribution in [2.24, 2.45) is 35.5 Å². The molecular formula is C40H76. The van der Waals surface area contributed by atoms with Gasteiger partial charge in [0, 0.05) is 0 Å². The molecular weight excluding hydrogens is 480 g/mol. The van der Waals surface area contributed by atoms with Gasteiger partial charge in [-0.2, -0.15) is 0 Å². The Morgan fingerprint density at radius 3 is 1.35 bits per heavy atom. The molecule has 0 N–H and O–H groups in total. The fourth-order valence-electron chi connectivity index (χ4n) is 5.96. The molecule has 0 aliphatic heterocycles. The van der Waals surface area contributed by atoms with E-state index < -0.39 is 0 Å². The molecule has 0 spiro atoms. The first kappa shape index (κ1) is 39.2. The summed E-state index contributed by atoms with van der Waals surface area (Å²) < 4.78 is 0. The zero-order chi connectivity index (χ0) is 30.2. The molecule has 0 aliphatic carbocycles. The summed E-state index contributed by atoms with van der Waals surface area (Å²) >= 11 is 0. The molecule has 0 radical (unpaired) electrons. The van der Waals surface area contributed by atoms with Gasteiger partial charge in [0.1, 0.15) is 0 Å². The molecule has 0 fully saturated rings. The van der Waals surface area contributed by atoms with Crippen LogP contribution in [0.4, 0.5) is 0 Å². The topological polar surface area (TPSA) is 0 Å². The Balaban J connectivity index is 3.91. The van der Waals surface area contributed by atoms with Crippen LogP contribution in [-0.4, -0.2) is 0 Å². The standard InChI is InChI=1S/C40H76/c1-33(2)19-13-23-37(7)27-17-31-39(9)29-15-25-35(5)21-11-12-22-36(6)26-16-30-40(10)32-18-28-38(8)24-14-20-34(3)4/h15,21-22,25,33-34,37-40H,11-14,16-20,23-24,26-32H2,1-10H3/b25-15+,35-21+,36-22+/t37-,38-,39+,40-/m0/s1. The second kappa shape index (κ2) is 25.9. The van der Waals surface area contributed by atoms with Crippen LogP contribution in [0.25, 0.3) is 0 Å². The average Bonchev–Trinajstić information content (AvgIpc) is 2.86. The van der Waals surface area contributed by atoms with E-state index >= 15 is 0 Å². The number of hydrogen-bond acceptors (Lipinski definition) is 0. The first-order valence-corrected chi connectivity index (χ1v) is 18.0. The van der Waals surface area contributed by atoms with E-state index in [1.54, 1.807) is 5.57 Å². The third kappa shape index (κ3) is 27.4. The second-order valence-corrected chi connectivity index (χ2v) is 15.0. The van der Waals surface area contributed by atoms with Crippen LogP contribution >= 0.6 is 0 Å². The average molecular weight is 557 g/mol. The van der Waals surface area contributed by atoms with Crippen molar-refractivity contribution in [2.45, 2.75) is 185 Å². The summed E-state index contributed by atoms with van der Waals surface area (Å²) in [7, 11) is 0. The number of hydrogen-bond donors (Lipinski definition) is 0. The van der Waals surface area contributed by atoms with Crippen molar-refractivity contribution in [3.63, 3.8) is 0 Å². The van der Waals surface area contributed by atoms with Crippen molar-refractivity contribution in [3.05, 3.63) is 35.5 Å². The van der Waals surface area contributed by atoms with Crippen LogP contribution in [0.15, 0.2) is 35.5 Å². The van der Waals surface area contributed by atoms with E-state index in [0.29, 0.717) is 0 Å². The van der Waals surface area contributed by atoms with Gasteiger partial charge in [-0.05, 0) is 81.5 Å². The van der Waals surface area contributed by atoms with Crippen molar-refractivity contribution < 1.29 is 0 Å². The molecule has 0 amide bonds. The van der Waals surface area contributed by atoms with Crippen molar-refractivity contribution in [1.82, 2.24) is 0 Å². The molecule has 0 bridgehead atoms. The van der Waals surface area contributed by atoms with E-state index in [1.165, 1.54) is 121 Å². The lowest BCUT2D eigenvalue weighted by molar-refractivity contribution is 0.389. The van der Waals surface area contributed by atoms with Gasteiger partial charge in [-0.3, -0.25) is 0 Å². The maximum absolute atomic E-state index is 2.49. The van der Waals surface area contributed by atoms with Gasteiger partial charge < -0.3 is 0 Å². The van der Waals surface area contributed by atoms with Gasteiger partial charge in [0.25, 0.3) is 0 Å². The van der Waals surface area contributed by atoms with E-state index in [-0.39, 0.29) is 0 Å². The summed E-state index contributed by atoms with van der Waals surface area (Å²) in [5, 5.41) is 0. The van der Waals surface area contributed by atoms with Crippen molar-refractivity contribution in [3.8, 4) is 0 Å². The highest BCUT2D eigenvalue weighted by Gasteiger charge is 2.07. The van der Waals surface area contributed by atoms with Gasteiger partial charge in [-0.1, -0.05) is 174 Å². The molecule has 236 valence electrons. The number of allylic oxidation sites excluding steroid dienone is 6. The molecule has 0 unspecified atom stereocenters. The lowest BCUT2D eigenvalue weighted by Crippen LogP contribution is -2.00. The monoisotopic (exact) mass is 557 g/mol. The summed E-state index contributed by atoms with van der Waals surface area (Å²) in [5.74, 6) is 5.24. The quantitative estimate of drug-likeness (QED) is 0.0564. The Labute approximate surface area is 255 Å². The number of rotatable bonds is 26. The molecule has 0 aromatic carbocycles. The summed E-state index contributed by atoms with van der Waals surface area (Å²) in [6, 6.07) is 0. The van der Waals surface area contributed by atoms with Crippen LogP contribution in [0.3, 0.4) is 0 Å². The van der Waals surface area contributed by atoms with E-state index in [2.05, 4.69) is 93.5 Å². The molecule has 0 saturated heterocycles. The zero-order valence-corrected chi connectivity index (χ0v) is 29.5. The fourth-order valence-corrected chi connectivity index (χ4v) is 5.96. The molecule has 0 nitrogen and oxygen atoms in total. The molecule has 0 rings (SSSR count). The van der Waals surface area contributed by atoms with Gasteiger partial charge in [-0.25, -0.2) is 0 Å². The largest absolute Gasteiger partial charge is 0.0853 e. The van der Waals surface area contributed by atoms with Crippen LogP contribution < -0.4 is 0 Å². The van der Waals surface area contributed by atoms with E-state index in [0.717, 1.165) is 35.5 Å². The highest BCUT2D eigenvalue weighted by atomic mass is 14.1. The molecule has 0 heterocycles. The minimum atomic E-state index is 0.809.